The maximum atomic E-state index is 13.1. The first-order valence-corrected chi connectivity index (χ1v) is 13.6. The molecule has 1 unspecified atom stereocenters. The van der Waals surface area contributed by atoms with Crippen molar-refractivity contribution in [2.75, 3.05) is 12.3 Å². The first kappa shape index (κ1) is 23.7. The summed E-state index contributed by atoms with van der Waals surface area (Å²) < 4.78 is 13.1. The van der Waals surface area contributed by atoms with E-state index in [0.717, 1.165) is 24.3 Å². The first-order chi connectivity index (χ1) is 17.2. The fourth-order valence-electron chi connectivity index (χ4n) is 5.58. The lowest BCUT2D eigenvalue weighted by Crippen LogP contribution is -2.54. The monoisotopic (exact) mass is 481 g/mol. The van der Waals surface area contributed by atoms with Crippen LogP contribution in [-0.4, -0.2) is 38.7 Å². The van der Waals surface area contributed by atoms with E-state index in [2.05, 4.69) is 77.7 Å². The van der Waals surface area contributed by atoms with E-state index in [1.807, 2.05) is 48.5 Å². The lowest BCUT2D eigenvalue weighted by molar-refractivity contribution is 0.0456. The van der Waals surface area contributed by atoms with Gasteiger partial charge in [-0.05, 0) is 41.7 Å². The zero-order valence-corrected chi connectivity index (χ0v) is 20.6. The maximum absolute atomic E-state index is 13.1. The van der Waals surface area contributed by atoms with E-state index in [1.165, 1.54) is 16.7 Å². The van der Waals surface area contributed by atoms with Gasteiger partial charge in [0.25, 0.3) is 0 Å². The zero-order valence-electron chi connectivity index (χ0n) is 19.7. The van der Waals surface area contributed by atoms with Crippen LogP contribution < -0.4 is 0 Å². The van der Waals surface area contributed by atoms with Gasteiger partial charge in [-0.15, -0.1) is 0 Å². The van der Waals surface area contributed by atoms with Gasteiger partial charge in [0.15, 0.2) is 0 Å². The highest BCUT2D eigenvalue weighted by Crippen LogP contribution is 2.46. The number of aliphatic hydroxyl groups is 1. The van der Waals surface area contributed by atoms with Gasteiger partial charge < -0.3 is 5.11 Å². The Morgan fingerprint density at radius 3 is 1.63 bits per heavy atom. The summed E-state index contributed by atoms with van der Waals surface area (Å²) in [5, 5.41) is 11.5. The molecule has 1 fully saturated rings. The largest absolute Gasteiger partial charge is 0.391 e. The molecule has 3 nitrogen and oxygen atoms in total. The van der Waals surface area contributed by atoms with Crippen LogP contribution in [0.3, 0.4) is 0 Å². The molecule has 0 aromatic heterocycles. The van der Waals surface area contributed by atoms with Crippen LogP contribution in [-0.2, 0) is 16.3 Å². The van der Waals surface area contributed by atoms with Crippen molar-refractivity contribution in [3.8, 4) is 0 Å². The molecular formula is C31H31NO2S. The van der Waals surface area contributed by atoms with Crippen LogP contribution in [0.2, 0.25) is 0 Å². The molecule has 1 saturated heterocycles. The Morgan fingerprint density at radius 2 is 1.17 bits per heavy atom. The minimum atomic E-state index is -1.26. The normalized spacial score (nSPS) is 18.3. The molecule has 1 aliphatic rings. The lowest BCUT2D eigenvalue weighted by atomic mass is 9.75. The molecule has 4 aromatic rings. The van der Waals surface area contributed by atoms with Crippen molar-refractivity contribution in [1.29, 1.82) is 0 Å². The summed E-state index contributed by atoms with van der Waals surface area (Å²) >= 11 is 0. The number of benzene rings is 4. The molecule has 1 aliphatic heterocycles. The molecule has 0 saturated carbocycles. The molecule has 35 heavy (non-hydrogen) atoms. The third-order valence-corrected chi connectivity index (χ3v) is 8.52. The molecular weight excluding hydrogens is 450 g/mol. The molecule has 4 heteroatoms. The van der Waals surface area contributed by atoms with E-state index >= 15 is 0 Å². The Bertz CT molecular complexity index is 1140. The van der Waals surface area contributed by atoms with Gasteiger partial charge >= 0.3 is 0 Å². The zero-order chi connectivity index (χ0) is 24.1. The number of rotatable bonds is 8. The molecule has 0 aliphatic carbocycles. The van der Waals surface area contributed by atoms with Gasteiger partial charge in [0.2, 0.25) is 0 Å². The molecule has 0 amide bonds. The van der Waals surface area contributed by atoms with E-state index < -0.39 is 22.4 Å². The lowest BCUT2D eigenvalue weighted by Gasteiger charge is -2.47. The highest BCUT2D eigenvalue weighted by atomic mass is 32.2. The van der Waals surface area contributed by atoms with Crippen LogP contribution in [0.25, 0.3) is 0 Å². The second-order valence-electron chi connectivity index (χ2n) is 9.10. The van der Waals surface area contributed by atoms with Gasteiger partial charge in [-0.25, -0.2) is 0 Å². The molecule has 178 valence electrons. The minimum Gasteiger partial charge on any atom is -0.391 e. The minimum absolute atomic E-state index is 0.122. The molecule has 1 heterocycles. The van der Waals surface area contributed by atoms with Gasteiger partial charge in [-0.3, -0.25) is 9.11 Å². The number of hydrogen-bond acceptors (Lipinski definition) is 3. The number of hydrogen-bond donors (Lipinski definition) is 1. The Balaban J connectivity index is 1.61. The van der Waals surface area contributed by atoms with Crippen LogP contribution in [0.5, 0.6) is 0 Å². The smallest absolute Gasteiger partial charge is 0.0976 e. The Hall–Kier alpha value is -3.05. The predicted molar refractivity (Wildman–Crippen MR) is 143 cm³/mol. The Kier molecular flexibility index (Phi) is 7.24. The summed E-state index contributed by atoms with van der Waals surface area (Å²) in [5.41, 5.74) is 2.93. The third-order valence-electron chi connectivity index (χ3n) is 7.08. The van der Waals surface area contributed by atoms with E-state index in [-0.39, 0.29) is 11.8 Å². The number of nitrogens with zero attached hydrogens (tertiary/aromatic N) is 1. The second-order valence-corrected chi connectivity index (χ2v) is 10.6. The highest BCUT2D eigenvalue weighted by Gasteiger charge is 2.48. The van der Waals surface area contributed by atoms with Crippen LogP contribution >= 0.6 is 0 Å². The van der Waals surface area contributed by atoms with Crippen molar-refractivity contribution < 1.29 is 9.32 Å². The molecule has 4 aromatic carbocycles. The van der Waals surface area contributed by atoms with Gasteiger partial charge in [-0.2, -0.15) is 0 Å². The third kappa shape index (κ3) is 4.62. The van der Waals surface area contributed by atoms with Crippen LogP contribution in [0.15, 0.2) is 126 Å². The summed E-state index contributed by atoms with van der Waals surface area (Å²) in [7, 11) is -1.26. The van der Waals surface area contributed by atoms with Crippen LogP contribution in [0, 0.1) is 0 Å². The van der Waals surface area contributed by atoms with Crippen LogP contribution in [0.1, 0.15) is 29.5 Å². The number of likely N-dealkylation sites (tertiary alicyclic amines) is 1. The summed E-state index contributed by atoms with van der Waals surface area (Å²) in [5.74, 6) is 0.222. The molecule has 3 atom stereocenters. The number of aliphatic hydroxyl groups excluding tert-OH is 1. The van der Waals surface area contributed by atoms with Gasteiger partial charge in [-0.1, -0.05) is 109 Å². The average Bonchev–Trinajstić information content (AvgIpc) is 3.42. The van der Waals surface area contributed by atoms with Crippen molar-refractivity contribution >= 4 is 10.8 Å². The van der Waals surface area contributed by atoms with Crippen molar-refractivity contribution in [2.24, 2.45) is 0 Å². The summed E-state index contributed by atoms with van der Waals surface area (Å²) in [4.78, 5) is 3.22. The molecule has 0 spiro atoms. The van der Waals surface area contributed by atoms with Crippen molar-refractivity contribution in [3.63, 3.8) is 0 Å². The molecule has 5 rings (SSSR count). The SMILES string of the molecule is O=S(C[C@H](O)[C@H]1CCCN1C(c1ccccc1)(c1ccccc1)c1ccccc1)c1ccccc1. The van der Waals surface area contributed by atoms with E-state index in [9.17, 15) is 9.32 Å². The van der Waals surface area contributed by atoms with Crippen LogP contribution in [0.4, 0.5) is 0 Å². The van der Waals surface area contributed by atoms with Crippen molar-refractivity contribution in [1.82, 2.24) is 4.90 Å². The second kappa shape index (κ2) is 10.7. The van der Waals surface area contributed by atoms with Crippen molar-refractivity contribution in [2.45, 2.75) is 35.4 Å². The summed E-state index contributed by atoms with van der Waals surface area (Å²) in [6.45, 7) is 0.846. The summed E-state index contributed by atoms with van der Waals surface area (Å²) in [6, 6.07) is 41.1. The standard InChI is InChI=1S/C31H31NO2S/c33-30(24-35(34)28-20-11-4-12-21-28)29-22-13-23-32(29)31(25-14-5-1-6-15-25,26-16-7-2-8-17-26)27-18-9-3-10-19-27/h1-12,14-21,29-30,33H,13,22-24H2/t29-,30+,35?/m1/s1. The Labute approximate surface area is 210 Å². The van der Waals surface area contributed by atoms with Gasteiger partial charge in [0.05, 0.1) is 28.2 Å². The Morgan fingerprint density at radius 1 is 0.743 bits per heavy atom. The molecule has 0 radical (unpaired) electrons. The molecule has 0 bridgehead atoms. The van der Waals surface area contributed by atoms with Crippen molar-refractivity contribution in [3.05, 3.63) is 138 Å². The summed E-state index contributed by atoms with van der Waals surface area (Å²) in [6.07, 6.45) is 1.13. The predicted octanol–water partition coefficient (Wildman–Crippen LogP) is 5.61. The fraction of sp³-hybridized carbons (Fsp3) is 0.226. The van der Waals surface area contributed by atoms with E-state index in [0.29, 0.717) is 0 Å². The average molecular weight is 482 g/mol. The maximum Gasteiger partial charge on any atom is 0.0976 e. The van der Waals surface area contributed by atoms with E-state index in [1.54, 1.807) is 0 Å². The van der Waals surface area contributed by atoms with Gasteiger partial charge in [0, 0.05) is 17.5 Å². The highest BCUT2D eigenvalue weighted by molar-refractivity contribution is 7.85. The van der Waals surface area contributed by atoms with Gasteiger partial charge in [0.1, 0.15) is 0 Å². The fourth-order valence-corrected chi connectivity index (χ4v) is 6.76. The first-order valence-electron chi connectivity index (χ1n) is 12.3. The topological polar surface area (TPSA) is 40.5 Å². The molecule has 1 N–H and O–H groups in total. The quantitative estimate of drug-likeness (QED) is 0.333. The van der Waals surface area contributed by atoms with E-state index in [4.69, 9.17) is 0 Å².